The van der Waals surface area contributed by atoms with Gasteiger partial charge in [0.15, 0.2) is 0 Å². The molecule has 1 heterocycles. The summed E-state index contributed by atoms with van der Waals surface area (Å²) in [4.78, 5) is 10.8. The SMILES string of the molecule is CC(C)NC[C@H]1CCC(=O)N1. The van der Waals surface area contributed by atoms with Crippen LogP contribution in [0, 0.1) is 0 Å². The Bertz CT molecular complexity index is 145. The first-order chi connectivity index (χ1) is 5.18. The maximum Gasteiger partial charge on any atom is 0.220 e. The summed E-state index contributed by atoms with van der Waals surface area (Å²) >= 11 is 0. The lowest BCUT2D eigenvalue weighted by Crippen LogP contribution is -2.38. The topological polar surface area (TPSA) is 41.1 Å². The summed E-state index contributed by atoms with van der Waals surface area (Å²) in [5, 5.41) is 6.20. The number of amides is 1. The van der Waals surface area contributed by atoms with E-state index in [0.717, 1.165) is 13.0 Å². The molecule has 2 N–H and O–H groups in total. The van der Waals surface area contributed by atoms with Gasteiger partial charge in [0.25, 0.3) is 0 Å². The maximum absolute atomic E-state index is 10.8. The maximum atomic E-state index is 10.8. The van der Waals surface area contributed by atoms with Crippen LogP contribution in [0.2, 0.25) is 0 Å². The highest BCUT2D eigenvalue weighted by Crippen LogP contribution is 2.04. The third-order valence-corrected chi connectivity index (χ3v) is 1.86. The molecule has 0 unspecified atom stereocenters. The first kappa shape index (κ1) is 8.53. The molecule has 0 aromatic rings. The van der Waals surface area contributed by atoms with Gasteiger partial charge in [-0.15, -0.1) is 0 Å². The zero-order valence-electron chi connectivity index (χ0n) is 7.18. The van der Waals surface area contributed by atoms with Crippen molar-refractivity contribution in [2.75, 3.05) is 6.54 Å². The predicted octanol–water partition coefficient (Wildman–Crippen LogP) is 0.263. The molecule has 64 valence electrons. The highest BCUT2D eigenvalue weighted by molar-refractivity contribution is 5.78. The first-order valence-electron chi connectivity index (χ1n) is 4.21. The average molecular weight is 156 g/mol. The molecule has 1 atom stereocenters. The van der Waals surface area contributed by atoms with Gasteiger partial charge in [-0.1, -0.05) is 13.8 Å². The molecule has 1 aliphatic heterocycles. The van der Waals surface area contributed by atoms with E-state index in [1.54, 1.807) is 0 Å². The van der Waals surface area contributed by atoms with Gasteiger partial charge in [0, 0.05) is 25.0 Å². The smallest absolute Gasteiger partial charge is 0.220 e. The van der Waals surface area contributed by atoms with E-state index in [4.69, 9.17) is 0 Å². The van der Waals surface area contributed by atoms with Gasteiger partial charge in [0.1, 0.15) is 0 Å². The molecule has 1 fully saturated rings. The Labute approximate surface area is 67.5 Å². The van der Waals surface area contributed by atoms with Crippen molar-refractivity contribution in [1.82, 2.24) is 10.6 Å². The molecule has 0 radical (unpaired) electrons. The monoisotopic (exact) mass is 156 g/mol. The molecule has 0 saturated carbocycles. The second kappa shape index (κ2) is 3.72. The molecule has 1 amide bonds. The average Bonchev–Trinajstić information content (AvgIpc) is 2.31. The van der Waals surface area contributed by atoms with Crippen molar-refractivity contribution < 1.29 is 4.79 Å². The molecule has 0 bridgehead atoms. The molecule has 0 aromatic carbocycles. The van der Waals surface area contributed by atoms with Crippen LogP contribution in [-0.2, 0) is 4.79 Å². The zero-order valence-corrected chi connectivity index (χ0v) is 7.18. The van der Waals surface area contributed by atoms with E-state index in [9.17, 15) is 4.79 Å². The van der Waals surface area contributed by atoms with Gasteiger partial charge in [0.2, 0.25) is 5.91 Å². The van der Waals surface area contributed by atoms with Gasteiger partial charge < -0.3 is 10.6 Å². The van der Waals surface area contributed by atoms with Crippen LogP contribution in [0.3, 0.4) is 0 Å². The minimum absolute atomic E-state index is 0.195. The summed E-state index contributed by atoms with van der Waals surface area (Å²) in [7, 11) is 0. The summed E-state index contributed by atoms with van der Waals surface area (Å²) in [5.41, 5.74) is 0. The number of carbonyl (C=O) groups is 1. The van der Waals surface area contributed by atoms with Gasteiger partial charge in [0.05, 0.1) is 0 Å². The van der Waals surface area contributed by atoms with E-state index in [0.29, 0.717) is 18.5 Å². The molecule has 3 nitrogen and oxygen atoms in total. The molecule has 0 spiro atoms. The van der Waals surface area contributed by atoms with Gasteiger partial charge in [-0.25, -0.2) is 0 Å². The minimum Gasteiger partial charge on any atom is -0.352 e. The lowest BCUT2D eigenvalue weighted by atomic mass is 10.2. The second-order valence-corrected chi connectivity index (χ2v) is 3.37. The predicted molar refractivity (Wildman–Crippen MR) is 44.3 cm³/mol. The largest absolute Gasteiger partial charge is 0.352 e. The molecule has 3 heteroatoms. The van der Waals surface area contributed by atoms with Crippen LogP contribution >= 0.6 is 0 Å². The van der Waals surface area contributed by atoms with Crippen LogP contribution in [0.4, 0.5) is 0 Å². The Morgan fingerprint density at radius 3 is 2.91 bits per heavy atom. The molecular weight excluding hydrogens is 140 g/mol. The second-order valence-electron chi connectivity index (χ2n) is 3.37. The highest BCUT2D eigenvalue weighted by atomic mass is 16.1. The summed E-state index contributed by atoms with van der Waals surface area (Å²) in [6.45, 7) is 5.12. The number of hydrogen-bond acceptors (Lipinski definition) is 2. The summed E-state index contributed by atoms with van der Waals surface area (Å²) in [6.07, 6.45) is 1.68. The highest BCUT2D eigenvalue weighted by Gasteiger charge is 2.19. The fourth-order valence-electron chi connectivity index (χ4n) is 1.21. The Hall–Kier alpha value is -0.570. The lowest BCUT2D eigenvalue weighted by Gasteiger charge is -2.13. The quantitative estimate of drug-likeness (QED) is 0.615. The number of rotatable bonds is 3. The molecular formula is C8H16N2O. The molecule has 1 rings (SSSR count). The van der Waals surface area contributed by atoms with Crippen molar-refractivity contribution in [2.45, 2.75) is 38.8 Å². The Morgan fingerprint density at radius 1 is 1.73 bits per heavy atom. The van der Waals surface area contributed by atoms with E-state index >= 15 is 0 Å². The van der Waals surface area contributed by atoms with Gasteiger partial charge >= 0.3 is 0 Å². The third kappa shape index (κ3) is 2.89. The van der Waals surface area contributed by atoms with E-state index in [-0.39, 0.29) is 5.91 Å². The van der Waals surface area contributed by atoms with E-state index in [2.05, 4.69) is 24.5 Å². The molecule has 0 aromatic heterocycles. The van der Waals surface area contributed by atoms with Crippen LogP contribution in [0.5, 0.6) is 0 Å². The molecule has 1 saturated heterocycles. The van der Waals surface area contributed by atoms with Crippen LogP contribution < -0.4 is 10.6 Å². The van der Waals surface area contributed by atoms with E-state index in [1.165, 1.54) is 0 Å². The zero-order chi connectivity index (χ0) is 8.27. The van der Waals surface area contributed by atoms with Crippen molar-refractivity contribution in [3.8, 4) is 0 Å². The normalized spacial score (nSPS) is 24.3. The summed E-state index contributed by atoms with van der Waals surface area (Å²) < 4.78 is 0. The van der Waals surface area contributed by atoms with Crippen LogP contribution in [0.15, 0.2) is 0 Å². The van der Waals surface area contributed by atoms with E-state index < -0.39 is 0 Å². The van der Waals surface area contributed by atoms with E-state index in [1.807, 2.05) is 0 Å². The number of nitrogens with one attached hydrogen (secondary N) is 2. The molecule has 1 aliphatic rings. The number of carbonyl (C=O) groups excluding carboxylic acids is 1. The first-order valence-corrected chi connectivity index (χ1v) is 4.21. The Morgan fingerprint density at radius 2 is 2.45 bits per heavy atom. The van der Waals surface area contributed by atoms with Crippen molar-refractivity contribution in [1.29, 1.82) is 0 Å². The fraction of sp³-hybridized carbons (Fsp3) is 0.875. The molecule has 11 heavy (non-hydrogen) atoms. The summed E-state index contributed by atoms with van der Waals surface area (Å²) in [6, 6.07) is 0.873. The molecule has 0 aliphatic carbocycles. The van der Waals surface area contributed by atoms with Crippen molar-refractivity contribution in [3.05, 3.63) is 0 Å². The lowest BCUT2D eigenvalue weighted by molar-refractivity contribution is -0.119. The Kier molecular flexibility index (Phi) is 2.88. The van der Waals surface area contributed by atoms with Gasteiger partial charge in [-0.05, 0) is 6.42 Å². The fourth-order valence-corrected chi connectivity index (χ4v) is 1.21. The van der Waals surface area contributed by atoms with Gasteiger partial charge in [-0.2, -0.15) is 0 Å². The Balaban J connectivity index is 2.13. The van der Waals surface area contributed by atoms with Crippen molar-refractivity contribution in [3.63, 3.8) is 0 Å². The standard InChI is InChI=1S/C8H16N2O/c1-6(2)9-5-7-3-4-8(11)10-7/h6-7,9H,3-5H2,1-2H3,(H,10,11)/t7-/m1/s1. The summed E-state index contributed by atoms with van der Waals surface area (Å²) in [5.74, 6) is 0.195. The van der Waals surface area contributed by atoms with Crippen LogP contribution in [0.25, 0.3) is 0 Å². The van der Waals surface area contributed by atoms with Gasteiger partial charge in [-0.3, -0.25) is 4.79 Å². The van der Waals surface area contributed by atoms with Crippen LogP contribution in [-0.4, -0.2) is 24.5 Å². The van der Waals surface area contributed by atoms with Crippen molar-refractivity contribution >= 4 is 5.91 Å². The minimum atomic E-state index is 0.195. The number of hydrogen-bond donors (Lipinski definition) is 2. The van der Waals surface area contributed by atoms with Crippen LogP contribution in [0.1, 0.15) is 26.7 Å². The van der Waals surface area contributed by atoms with Crippen molar-refractivity contribution in [2.24, 2.45) is 0 Å². The third-order valence-electron chi connectivity index (χ3n) is 1.86.